The average Bonchev–Trinajstić information content (AvgIpc) is 2.82. The van der Waals surface area contributed by atoms with Gasteiger partial charge in [-0.1, -0.05) is 20.8 Å². The molecule has 0 aromatic rings. The van der Waals surface area contributed by atoms with E-state index in [1.54, 1.807) is 20.8 Å². The third kappa shape index (κ3) is 3.85. The SMILES string of the molecule is COC(=O)C1CCN(C(=O)N[C@H](C(=O)O)C(C)(C)C)C1. The standard InChI is InChI=1S/C13H22N2O5/c1-13(2,3)9(10(16)17)14-12(19)15-6-5-8(7-15)11(18)20-4/h8-9H,5-7H2,1-4H3,(H,14,19)(H,16,17)/t8?,9-/m1/s1. The van der Waals surface area contributed by atoms with Crippen LogP contribution in [0.5, 0.6) is 0 Å². The van der Waals surface area contributed by atoms with E-state index in [-0.39, 0.29) is 18.4 Å². The zero-order valence-corrected chi connectivity index (χ0v) is 12.3. The Balaban J connectivity index is 2.64. The molecule has 1 heterocycles. The second-order valence-corrected chi connectivity index (χ2v) is 6.04. The molecular formula is C13H22N2O5. The number of rotatable bonds is 3. The Morgan fingerprint density at radius 3 is 2.40 bits per heavy atom. The van der Waals surface area contributed by atoms with Crippen LogP contribution in [0, 0.1) is 11.3 Å². The molecule has 0 saturated carbocycles. The second kappa shape index (κ2) is 6.11. The number of amides is 2. The van der Waals surface area contributed by atoms with Crippen LogP contribution < -0.4 is 5.32 Å². The Hall–Kier alpha value is -1.79. The minimum absolute atomic E-state index is 0.259. The second-order valence-electron chi connectivity index (χ2n) is 6.04. The molecule has 2 N–H and O–H groups in total. The molecule has 2 amide bonds. The number of urea groups is 1. The maximum absolute atomic E-state index is 12.1. The molecule has 1 fully saturated rings. The monoisotopic (exact) mass is 286 g/mol. The van der Waals surface area contributed by atoms with Crippen molar-refractivity contribution in [3.8, 4) is 0 Å². The number of nitrogens with one attached hydrogen (secondary N) is 1. The zero-order chi connectivity index (χ0) is 15.5. The fraction of sp³-hybridized carbons (Fsp3) is 0.769. The first-order valence-corrected chi connectivity index (χ1v) is 6.53. The number of carbonyl (C=O) groups is 3. The van der Waals surface area contributed by atoms with Crippen molar-refractivity contribution < 1.29 is 24.2 Å². The predicted octanol–water partition coefficient (Wildman–Crippen LogP) is 0.690. The Bertz CT molecular complexity index is 402. The number of hydrogen-bond donors (Lipinski definition) is 2. The smallest absolute Gasteiger partial charge is 0.326 e. The summed E-state index contributed by atoms with van der Waals surface area (Å²) >= 11 is 0. The quantitative estimate of drug-likeness (QED) is 0.744. The first kappa shape index (κ1) is 16.3. The van der Waals surface area contributed by atoms with Gasteiger partial charge in [0, 0.05) is 13.1 Å². The first-order valence-electron chi connectivity index (χ1n) is 6.53. The fourth-order valence-corrected chi connectivity index (χ4v) is 2.17. The largest absolute Gasteiger partial charge is 0.480 e. The Labute approximate surface area is 118 Å². The van der Waals surface area contributed by atoms with Gasteiger partial charge in [-0.3, -0.25) is 4.79 Å². The number of esters is 1. The number of hydrogen-bond acceptors (Lipinski definition) is 4. The molecular weight excluding hydrogens is 264 g/mol. The van der Waals surface area contributed by atoms with Crippen molar-refractivity contribution in [2.24, 2.45) is 11.3 Å². The molecule has 1 aliphatic rings. The fourth-order valence-electron chi connectivity index (χ4n) is 2.17. The average molecular weight is 286 g/mol. The van der Waals surface area contributed by atoms with Crippen LogP contribution in [0.15, 0.2) is 0 Å². The summed E-state index contributed by atoms with van der Waals surface area (Å²) in [6.07, 6.45) is 0.535. The molecule has 1 aliphatic heterocycles. The predicted molar refractivity (Wildman–Crippen MR) is 71.1 cm³/mol. The van der Waals surface area contributed by atoms with E-state index >= 15 is 0 Å². The number of carbonyl (C=O) groups excluding carboxylic acids is 2. The zero-order valence-electron chi connectivity index (χ0n) is 12.3. The summed E-state index contributed by atoms with van der Waals surface area (Å²) < 4.78 is 4.64. The van der Waals surface area contributed by atoms with E-state index in [1.165, 1.54) is 12.0 Å². The van der Waals surface area contributed by atoms with Gasteiger partial charge in [0.05, 0.1) is 13.0 Å². The molecule has 7 nitrogen and oxygen atoms in total. The molecule has 0 aromatic heterocycles. The summed E-state index contributed by atoms with van der Waals surface area (Å²) in [7, 11) is 1.31. The van der Waals surface area contributed by atoms with Crippen molar-refractivity contribution in [1.82, 2.24) is 10.2 Å². The Morgan fingerprint density at radius 2 is 1.95 bits per heavy atom. The lowest BCUT2D eigenvalue weighted by Crippen LogP contribution is -2.53. The van der Waals surface area contributed by atoms with Gasteiger partial charge in [-0.15, -0.1) is 0 Å². The summed E-state index contributed by atoms with van der Waals surface area (Å²) in [6, 6.07) is -1.44. The summed E-state index contributed by atoms with van der Waals surface area (Å²) in [5.41, 5.74) is -0.594. The Kier molecular flexibility index (Phi) is 4.97. The normalized spacial score (nSPS) is 20.4. The van der Waals surface area contributed by atoms with Crippen LogP contribution in [0.2, 0.25) is 0 Å². The molecule has 20 heavy (non-hydrogen) atoms. The lowest BCUT2D eigenvalue weighted by atomic mass is 9.87. The van der Waals surface area contributed by atoms with Gasteiger partial charge in [0.15, 0.2) is 0 Å². The highest BCUT2D eigenvalue weighted by Gasteiger charge is 2.36. The van der Waals surface area contributed by atoms with Crippen molar-refractivity contribution in [3.63, 3.8) is 0 Å². The molecule has 2 atom stereocenters. The van der Waals surface area contributed by atoms with Crippen molar-refractivity contribution in [3.05, 3.63) is 0 Å². The lowest BCUT2D eigenvalue weighted by Gasteiger charge is -2.29. The molecule has 0 aliphatic carbocycles. The third-order valence-electron chi connectivity index (χ3n) is 3.39. The highest BCUT2D eigenvalue weighted by molar-refractivity contribution is 5.84. The highest BCUT2D eigenvalue weighted by atomic mass is 16.5. The summed E-state index contributed by atoms with van der Waals surface area (Å²) in [5.74, 6) is -1.75. The molecule has 0 aromatic carbocycles. The number of ether oxygens (including phenoxy) is 1. The topological polar surface area (TPSA) is 95.9 Å². The van der Waals surface area contributed by atoms with Gasteiger partial charge >= 0.3 is 18.0 Å². The number of carboxylic acids is 1. The van der Waals surface area contributed by atoms with Gasteiger partial charge in [-0.05, 0) is 11.8 Å². The molecule has 7 heteroatoms. The molecule has 0 spiro atoms. The van der Waals surface area contributed by atoms with E-state index in [0.29, 0.717) is 13.0 Å². The van der Waals surface area contributed by atoms with Gasteiger partial charge in [-0.25, -0.2) is 9.59 Å². The number of carboxylic acid groups (broad SMARTS) is 1. The number of likely N-dealkylation sites (tertiary alicyclic amines) is 1. The molecule has 1 unspecified atom stereocenters. The van der Waals surface area contributed by atoms with Crippen LogP contribution in [-0.2, 0) is 14.3 Å². The summed E-state index contributed by atoms with van der Waals surface area (Å²) in [4.78, 5) is 36.1. The van der Waals surface area contributed by atoms with E-state index in [1.807, 2.05) is 0 Å². The van der Waals surface area contributed by atoms with Gasteiger partial charge in [0.25, 0.3) is 0 Å². The maximum atomic E-state index is 12.1. The van der Waals surface area contributed by atoms with Crippen molar-refractivity contribution in [2.75, 3.05) is 20.2 Å². The number of methoxy groups -OCH3 is 1. The van der Waals surface area contributed by atoms with Crippen molar-refractivity contribution >= 4 is 18.0 Å². The number of nitrogens with zero attached hydrogens (tertiary/aromatic N) is 1. The van der Waals surface area contributed by atoms with Crippen LogP contribution in [0.25, 0.3) is 0 Å². The molecule has 0 radical (unpaired) electrons. The first-order chi connectivity index (χ1) is 9.16. The van der Waals surface area contributed by atoms with E-state index in [9.17, 15) is 19.5 Å². The maximum Gasteiger partial charge on any atom is 0.326 e. The minimum atomic E-state index is -1.07. The Morgan fingerprint density at radius 1 is 1.35 bits per heavy atom. The van der Waals surface area contributed by atoms with E-state index in [0.717, 1.165) is 0 Å². The molecule has 114 valence electrons. The third-order valence-corrected chi connectivity index (χ3v) is 3.39. The van der Waals surface area contributed by atoms with Crippen LogP contribution in [0.1, 0.15) is 27.2 Å². The van der Waals surface area contributed by atoms with Crippen LogP contribution in [0.3, 0.4) is 0 Å². The molecule has 0 bridgehead atoms. The molecule has 1 rings (SSSR count). The van der Waals surface area contributed by atoms with Gasteiger partial charge in [0.1, 0.15) is 6.04 Å². The van der Waals surface area contributed by atoms with Crippen LogP contribution in [-0.4, -0.2) is 54.2 Å². The van der Waals surface area contributed by atoms with Gasteiger partial charge < -0.3 is 20.1 Å². The van der Waals surface area contributed by atoms with Crippen LogP contribution >= 0.6 is 0 Å². The summed E-state index contributed by atoms with van der Waals surface area (Å²) in [6.45, 7) is 5.91. The van der Waals surface area contributed by atoms with Crippen molar-refractivity contribution in [2.45, 2.75) is 33.2 Å². The van der Waals surface area contributed by atoms with Gasteiger partial charge in [0.2, 0.25) is 0 Å². The van der Waals surface area contributed by atoms with E-state index in [4.69, 9.17) is 0 Å². The van der Waals surface area contributed by atoms with Gasteiger partial charge in [-0.2, -0.15) is 0 Å². The van der Waals surface area contributed by atoms with E-state index in [2.05, 4.69) is 10.1 Å². The highest BCUT2D eigenvalue weighted by Crippen LogP contribution is 2.21. The van der Waals surface area contributed by atoms with Crippen molar-refractivity contribution in [1.29, 1.82) is 0 Å². The van der Waals surface area contributed by atoms with E-state index < -0.39 is 23.5 Å². The number of aliphatic carboxylic acids is 1. The summed E-state index contributed by atoms with van der Waals surface area (Å²) in [5, 5.41) is 11.7. The van der Waals surface area contributed by atoms with Crippen LogP contribution in [0.4, 0.5) is 4.79 Å². The minimum Gasteiger partial charge on any atom is -0.480 e. The lowest BCUT2D eigenvalue weighted by molar-refractivity contribution is -0.145. The molecule has 1 saturated heterocycles.